The van der Waals surface area contributed by atoms with Gasteiger partial charge in [0.25, 0.3) is 0 Å². The van der Waals surface area contributed by atoms with Crippen molar-refractivity contribution in [3.8, 4) is 0 Å². The molecule has 3 rings (SSSR count). The average Bonchev–Trinajstić information content (AvgIpc) is 3.31. The van der Waals surface area contributed by atoms with Gasteiger partial charge in [-0.25, -0.2) is 0 Å². The standard InChI is InChI=1S/C18H28N2/c1-2-15-6-5-11-20(13-15)14-17-8-4-3-7-16(17)12-19-18-9-10-18/h3-4,7-8,15,18-19H,2,5-6,9-14H2,1H3. The lowest BCUT2D eigenvalue weighted by molar-refractivity contribution is 0.164. The maximum Gasteiger partial charge on any atom is 0.0237 e. The van der Waals surface area contributed by atoms with Crippen molar-refractivity contribution < 1.29 is 0 Å². The first kappa shape index (κ1) is 14.1. The van der Waals surface area contributed by atoms with Crippen molar-refractivity contribution >= 4 is 0 Å². The van der Waals surface area contributed by atoms with Crippen LogP contribution in [0.5, 0.6) is 0 Å². The Balaban J connectivity index is 1.60. The second-order valence-electron chi connectivity index (χ2n) is 6.58. The van der Waals surface area contributed by atoms with Gasteiger partial charge in [-0.3, -0.25) is 4.90 Å². The second-order valence-corrected chi connectivity index (χ2v) is 6.58. The van der Waals surface area contributed by atoms with Gasteiger partial charge in [-0.15, -0.1) is 0 Å². The van der Waals surface area contributed by atoms with Gasteiger partial charge in [0.2, 0.25) is 0 Å². The molecule has 1 aromatic carbocycles. The maximum atomic E-state index is 3.65. The molecule has 1 aromatic rings. The SMILES string of the molecule is CCC1CCCN(Cc2ccccc2CNC2CC2)C1. The fourth-order valence-electron chi connectivity index (χ4n) is 3.29. The zero-order valence-electron chi connectivity index (χ0n) is 12.8. The molecule has 2 heteroatoms. The molecule has 1 saturated carbocycles. The largest absolute Gasteiger partial charge is 0.310 e. The summed E-state index contributed by atoms with van der Waals surface area (Å²) in [5.41, 5.74) is 3.02. The van der Waals surface area contributed by atoms with E-state index in [9.17, 15) is 0 Å². The van der Waals surface area contributed by atoms with Crippen LogP contribution in [0.2, 0.25) is 0 Å². The highest BCUT2D eigenvalue weighted by Gasteiger charge is 2.21. The van der Waals surface area contributed by atoms with Crippen LogP contribution in [0.15, 0.2) is 24.3 Å². The van der Waals surface area contributed by atoms with Gasteiger partial charge in [-0.2, -0.15) is 0 Å². The number of nitrogens with zero attached hydrogens (tertiary/aromatic N) is 1. The molecule has 1 N–H and O–H groups in total. The lowest BCUT2D eigenvalue weighted by Crippen LogP contribution is -2.35. The molecule has 0 aromatic heterocycles. The van der Waals surface area contributed by atoms with E-state index in [1.807, 2.05) is 0 Å². The Labute approximate surface area is 123 Å². The molecule has 2 fully saturated rings. The van der Waals surface area contributed by atoms with Gasteiger partial charge in [-0.1, -0.05) is 37.6 Å². The molecule has 0 spiro atoms. The van der Waals surface area contributed by atoms with Gasteiger partial charge >= 0.3 is 0 Å². The number of nitrogens with one attached hydrogen (secondary N) is 1. The van der Waals surface area contributed by atoms with Crippen molar-refractivity contribution in [2.75, 3.05) is 13.1 Å². The van der Waals surface area contributed by atoms with E-state index in [0.717, 1.165) is 25.0 Å². The number of hydrogen-bond acceptors (Lipinski definition) is 2. The Morgan fingerprint density at radius 3 is 2.70 bits per heavy atom. The summed E-state index contributed by atoms with van der Waals surface area (Å²) in [5, 5.41) is 3.65. The molecule has 20 heavy (non-hydrogen) atoms. The summed E-state index contributed by atoms with van der Waals surface area (Å²) < 4.78 is 0. The highest BCUT2D eigenvalue weighted by molar-refractivity contribution is 5.27. The monoisotopic (exact) mass is 272 g/mol. The highest BCUT2D eigenvalue weighted by Crippen LogP contribution is 2.23. The summed E-state index contributed by atoms with van der Waals surface area (Å²) in [6, 6.07) is 9.78. The Morgan fingerprint density at radius 2 is 1.95 bits per heavy atom. The summed E-state index contributed by atoms with van der Waals surface area (Å²) in [6.07, 6.45) is 6.87. The number of hydrogen-bond donors (Lipinski definition) is 1. The van der Waals surface area contributed by atoms with E-state index in [4.69, 9.17) is 0 Å². The Bertz CT molecular complexity index is 425. The van der Waals surface area contributed by atoms with E-state index >= 15 is 0 Å². The first-order valence-corrected chi connectivity index (χ1v) is 8.37. The number of benzene rings is 1. The fourth-order valence-corrected chi connectivity index (χ4v) is 3.29. The molecule has 2 nitrogen and oxygen atoms in total. The zero-order chi connectivity index (χ0) is 13.8. The molecule has 110 valence electrons. The predicted octanol–water partition coefficient (Wildman–Crippen LogP) is 3.56. The molecule has 0 bridgehead atoms. The van der Waals surface area contributed by atoms with Crippen LogP contribution in [0.25, 0.3) is 0 Å². The second kappa shape index (κ2) is 6.73. The van der Waals surface area contributed by atoms with Gasteiger partial charge in [0.15, 0.2) is 0 Å². The predicted molar refractivity (Wildman–Crippen MR) is 84.6 cm³/mol. The third kappa shape index (κ3) is 3.83. The molecule has 1 aliphatic heterocycles. The molecule has 1 aliphatic carbocycles. The van der Waals surface area contributed by atoms with Crippen LogP contribution in [-0.4, -0.2) is 24.0 Å². The number of piperidine rings is 1. The van der Waals surface area contributed by atoms with Gasteiger partial charge in [0.1, 0.15) is 0 Å². The first-order valence-electron chi connectivity index (χ1n) is 8.37. The van der Waals surface area contributed by atoms with Crippen molar-refractivity contribution in [3.63, 3.8) is 0 Å². The minimum absolute atomic E-state index is 0.794. The van der Waals surface area contributed by atoms with Crippen molar-refractivity contribution in [1.82, 2.24) is 10.2 Å². The molecular weight excluding hydrogens is 244 g/mol. The average molecular weight is 272 g/mol. The van der Waals surface area contributed by atoms with Crippen LogP contribution in [0.1, 0.15) is 50.2 Å². The van der Waals surface area contributed by atoms with Crippen molar-refractivity contribution in [2.45, 2.75) is 58.2 Å². The quantitative estimate of drug-likeness (QED) is 0.852. The molecule has 2 aliphatic rings. The lowest BCUT2D eigenvalue weighted by atomic mass is 9.95. The number of likely N-dealkylation sites (tertiary alicyclic amines) is 1. The van der Waals surface area contributed by atoms with E-state index in [1.54, 1.807) is 0 Å². The smallest absolute Gasteiger partial charge is 0.0237 e. The molecule has 0 amide bonds. The highest BCUT2D eigenvalue weighted by atomic mass is 15.1. The molecular formula is C18H28N2. The van der Waals surface area contributed by atoms with E-state index in [2.05, 4.69) is 41.4 Å². The Kier molecular flexibility index (Phi) is 4.74. The number of rotatable bonds is 6. The van der Waals surface area contributed by atoms with Crippen LogP contribution >= 0.6 is 0 Å². The summed E-state index contributed by atoms with van der Waals surface area (Å²) >= 11 is 0. The molecule has 1 heterocycles. The third-order valence-electron chi connectivity index (χ3n) is 4.85. The van der Waals surface area contributed by atoms with Crippen LogP contribution < -0.4 is 5.32 Å². The van der Waals surface area contributed by atoms with Gasteiger partial charge in [-0.05, 0) is 49.3 Å². The summed E-state index contributed by atoms with van der Waals surface area (Å²) in [4.78, 5) is 2.66. The van der Waals surface area contributed by atoms with Crippen LogP contribution in [0.3, 0.4) is 0 Å². The normalized spacial score (nSPS) is 23.9. The van der Waals surface area contributed by atoms with Gasteiger partial charge < -0.3 is 5.32 Å². The minimum Gasteiger partial charge on any atom is -0.310 e. The Hall–Kier alpha value is -0.860. The molecule has 1 atom stereocenters. The van der Waals surface area contributed by atoms with Crippen molar-refractivity contribution in [3.05, 3.63) is 35.4 Å². The molecule has 0 radical (unpaired) electrons. The van der Waals surface area contributed by atoms with E-state index < -0.39 is 0 Å². The topological polar surface area (TPSA) is 15.3 Å². The van der Waals surface area contributed by atoms with Crippen LogP contribution in [0, 0.1) is 5.92 Å². The zero-order valence-corrected chi connectivity index (χ0v) is 12.8. The van der Waals surface area contributed by atoms with E-state index in [0.29, 0.717) is 0 Å². The lowest BCUT2D eigenvalue weighted by Gasteiger charge is -2.32. The van der Waals surface area contributed by atoms with Crippen LogP contribution in [-0.2, 0) is 13.1 Å². The van der Waals surface area contributed by atoms with Gasteiger partial charge in [0, 0.05) is 25.7 Å². The molecule has 1 saturated heterocycles. The van der Waals surface area contributed by atoms with Gasteiger partial charge in [0.05, 0.1) is 0 Å². The van der Waals surface area contributed by atoms with E-state index in [-0.39, 0.29) is 0 Å². The fraction of sp³-hybridized carbons (Fsp3) is 0.667. The van der Waals surface area contributed by atoms with E-state index in [1.165, 1.54) is 56.3 Å². The summed E-state index contributed by atoms with van der Waals surface area (Å²) in [7, 11) is 0. The van der Waals surface area contributed by atoms with Crippen LogP contribution in [0.4, 0.5) is 0 Å². The van der Waals surface area contributed by atoms with Crippen molar-refractivity contribution in [2.24, 2.45) is 5.92 Å². The summed E-state index contributed by atoms with van der Waals surface area (Å²) in [5.74, 6) is 0.917. The third-order valence-corrected chi connectivity index (χ3v) is 4.85. The molecule has 1 unspecified atom stereocenters. The van der Waals surface area contributed by atoms with Crippen molar-refractivity contribution in [1.29, 1.82) is 0 Å². The Morgan fingerprint density at radius 1 is 1.15 bits per heavy atom. The first-order chi connectivity index (χ1) is 9.85. The minimum atomic E-state index is 0.794. The maximum absolute atomic E-state index is 3.65. The summed E-state index contributed by atoms with van der Waals surface area (Å²) in [6.45, 7) is 7.09.